The molecule has 2 aromatic heterocycles. The number of halogens is 3. The highest BCUT2D eigenvalue weighted by Crippen LogP contribution is 2.27. The minimum Gasteiger partial charge on any atom is -0.466 e. The summed E-state index contributed by atoms with van der Waals surface area (Å²) >= 11 is 15.2. The lowest BCUT2D eigenvalue weighted by molar-refractivity contribution is 0.516. The van der Waals surface area contributed by atoms with Crippen LogP contribution >= 0.6 is 39.1 Å². The van der Waals surface area contributed by atoms with Gasteiger partial charge in [0.05, 0.1) is 23.0 Å². The minimum absolute atomic E-state index is 0.359. The quantitative estimate of drug-likeness (QED) is 0.828. The lowest BCUT2D eigenvalue weighted by Gasteiger charge is -2.10. The third-order valence-electron chi connectivity index (χ3n) is 2.26. The predicted molar refractivity (Wildman–Crippen MR) is 72.7 cm³/mol. The SMILES string of the molecule is Cc1cc(Cl)nc(Cl)c1NCc1occc1Br. The van der Waals surface area contributed by atoms with E-state index in [1.54, 1.807) is 12.3 Å². The van der Waals surface area contributed by atoms with E-state index in [9.17, 15) is 0 Å². The van der Waals surface area contributed by atoms with E-state index < -0.39 is 0 Å². The molecule has 0 aliphatic heterocycles. The van der Waals surface area contributed by atoms with Crippen molar-refractivity contribution < 1.29 is 4.42 Å². The van der Waals surface area contributed by atoms with Crippen molar-refractivity contribution in [2.24, 2.45) is 0 Å². The molecule has 6 heteroatoms. The second-order valence-electron chi connectivity index (χ2n) is 3.47. The molecule has 0 saturated carbocycles. The summed E-state index contributed by atoms with van der Waals surface area (Å²) in [4.78, 5) is 3.98. The molecule has 2 heterocycles. The van der Waals surface area contributed by atoms with Gasteiger partial charge in [0.15, 0.2) is 5.15 Å². The van der Waals surface area contributed by atoms with Gasteiger partial charge in [0, 0.05) is 0 Å². The van der Waals surface area contributed by atoms with Crippen molar-refractivity contribution >= 4 is 44.8 Å². The largest absolute Gasteiger partial charge is 0.466 e. The summed E-state index contributed by atoms with van der Waals surface area (Å²) in [6, 6.07) is 3.60. The number of nitrogens with one attached hydrogen (secondary N) is 1. The first-order valence-electron chi connectivity index (χ1n) is 4.86. The Morgan fingerprint density at radius 1 is 1.47 bits per heavy atom. The third kappa shape index (κ3) is 2.94. The Bertz CT molecular complexity index is 519. The monoisotopic (exact) mass is 334 g/mol. The van der Waals surface area contributed by atoms with E-state index in [4.69, 9.17) is 27.6 Å². The van der Waals surface area contributed by atoms with Crippen LogP contribution in [0.2, 0.25) is 10.3 Å². The number of anilines is 1. The van der Waals surface area contributed by atoms with Crippen molar-refractivity contribution in [3.8, 4) is 0 Å². The molecule has 0 atom stereocenters. The lowest BCUT2D eigenvalue weighted by Crippen LogP contribution is -2.02. The van der Waals surface area contributed by atoms with Crippen molar-refractivity contribution in [1.29, 1.82) is 0 Å². The van der Waals surface area contributed by atoms with Crippen LogP contribution in [0.15, 0.2) is 27.3 Å². The van der Waals surface area contributed by atoms with Gasteiger partial charge in [-0.3, -0.25) is 0 Å². The van der Waals surface area contributed by atoms with Crippen LogP contribution in [0.3, 0.4) is 0 Å². The fraction of sp³-hybridized carbons (Fsp3) is 0.182. The van der Waals surface area contributed by atoms with Gasteiger partial charge in [-0.25, -0.2) is 4.98 Å². The summed E-state index contributed by atoms with van der Waals surface area (Å²) < 4.78 is 6.21. The summed E-state index contributed by atoms with van der Waals surface area (Å²) in [7, 11) is 0. The average molecular weight is 336 g/mol. The predicted octanol–water partition coefficient (Wildman–Crippen LogP) is 4.66. The van der Waals surface area contributed by atoms with E-state index in [1.807, 2.05) is 13.0 Å². The van der Waals surface area contributed by atoms with Gasteiger partial charge < -0.3 is 9.73 Å². The summed E-state index contributed by atoms with van der Waals surface area (Å²) in [5, 5.41) is 3.92. The van der Waals surface area contributed by atoms with Gasteiger partial charge in [-0.2, -0.15) is 0 Å². The Morgan fingerprint density at radius 2 is 2.24 bits per heavy atom. The number of furan rings is 1. The summed E-state index contributed by atoms with van der Waals surface area (Å²) in [6.07, 6.45) is 1.62. The van der Waals surface area contributed by atoms with Crippen LogP contribution in [0.25, 0.3) is 0 Å². The Kier molecular flexibility index (Phi) is 3.97. The molecule has 0 amide bonds. The molecular formula is C11H9BrCl2N2O. The number of rotatable bonds is 3. The molecule has 0 unspecified atom stereocenters. The van der Waals surface area contributed by atoms with Gasteiger partial charge in [0.2, 0.25) is 0 Å². The van der Waals surface area contributed by atoms with E-state index in [0.29, 0.717) is 16.9 Å². The molecule has 0 saturated heterocycles. The Morgan fingerprint density at radius 3 is 2.82 bits per heavy atom. The van der Waals surface area contributed by atoms with Crippen molar-refractivity contribution in [3.05, 3.63) is 44.5 Å². The Balaban J connectivity index is 2.17. The van der Waals surface area contributed by atoms with Gasteiger partial charge in [-0.15, -0.1) is 0 Å². The maximum atomic E-state index is 6.01. The van der Waals surface area contributed by atoms with Crippen LogP contribution in [-0.4, -0.2) is 4.98 Å². The van der Waals surface area contributed by atoms with Gasteiger partial charge >= 0.3 is 0 Å². The molecule has 0 fully saturated rings. The first-order valence-corrected chi connectivity index (χ1v) is 6.41. The topological polar surface area (TPSA) is 38.1 Å². The highest BCUT2D eigenvalue weighted by molar-refractivity contribution is 9.10. The number of nitrogens with zero attached hydrogens (tertiary/aromatic N) is 1. The standard InChI is InChI=1S/C11H9BrCl2N2O/c1-6-4-9(13)16-11(14)10(6)15-5-8-7(12)2-3-17-8/h2-4,15H,5H2,1H3. The first-order chi connectivity index (χ1) is 8.08. The van der Waals surface area contributed by atoms with Crippen LogP contribution in [-0.2, 0) is 6.54 Å². The zero-order valence-corrected chi connectivity index (χ0v) is 12.0. The molecule has 3 nitrogen and oxygen atoms in total. The molecule has 90 valence electrons. The Labute approximate surface area is 117 Å². The van der Waals surface area contributed by atoms with E-state index in [2.05, 4.69) is 26.2 Å². The van der Waals surface area contributed by atoms with Gasteiger partial charge in [-0.1, -0.05) is 23.2 Å². The van der Waals surface area contributed by atoms with Crippen LogP contribution in [0.5, 0.6) is 0 Å². The van der Waals surface area contributed by atoms with Crippen molar-refractivity contribution in [1.82, 2.24) is 4.98 Å². The minimum atomic E-state index is 0.359. The van der Waals surface area contributed by atoms with Gasteiger partial charge in [-0.05, 0) is 40.5 Å². The molecule has 1 N–H and O–H groups in total. The van der Waals surface area contributed by atoms with Crippen LogP contribution < -0.4 is 5.32 Å². The van der Waals surface area contributed by atoms with Gasteiger partial charge in [0.25, 0.3) is 0 Å². The molecular weight excluding hydrogens is 327 g/mol. The number of aryl methyl sites for hydroxylation is 1. The number of hydrogen-bond donors (Lipinski definition) is 1. The van der Waals surface area contributed by atoms with Crippen LogP contribution in [0.1, 0.15) is 11.3 Å². The Hall–Kier alpha value is -0.710. The molecule has 17 heavy (non-hydrogen) atoms. The van der Waals surface area contributed by atoms with E-state index in [-0.39, 0.29) is 0 Å². The zero-order valence-electron chi connectivity index (χ0n) is 8.93. The van der Waals surface area contributed by atoms with Crippen LogP contribution in [0.4, 0.5) is 5.69 Å². The smallest absolute Gasteiger partial charge is 0.154 e. The average Bonchev–Trinajstić information content (AvgIpc) is 2.62. The number of pyridine rings is 1. The highest BCUT2D eigenvalue weighted by Gasteiger charge is 2.09. The second-order valence-corrected chi connectivity index (χ2v) is 5.07. The second kappa shape index (κ2) is 5.29. The number of hydrogen-bond acceptors (Lipinski definition) is 3. The maximum absolute atomic E-state index is 6.01. The molecule has 0 aliphatic rings. The molecule has 2 rings (SSSR count). The van der Waals surface area contributed by atoms with E-state index in [0.717, 1.165) is 21.5 Å². The normalized spacial score (nSPS) is 10.6. The molecule has 0 bridgehead atoms. The fourth-order valence-electron chi connectivity index (χ4n) is 1.43. The molecule has 0 radical (unpaired) electrons. The molecule has 0 aromatic carbocycles. The molecule has 2 aromatic rings. The zero-order chi connectivity index (χ0) is 12.4. The first kappa shape index (κ1) is 12.7. The molecule has 0 spiro atoms. The maximum Gasteiger partial charge on any atom is 0.154 e. The molecule has 0 aliphatic carbocycles. The third-order valence-corrected chi connectivity index (χ3v) is 3.43. The van der Waals surface area contributed by atoms with Gasteiger partial charge in [0.1, 0.15) is 10.9 Å². The van der Waals surface area contributed by atoms with Crippen molar-refractivity contribution in [3.63, 3.8) is 0 Å². The van der Waals surface area contributed by atoms with E-state index >= 15 is 0 Å². The van der Waals surface area contributed by atoms with Crippen molar-refractivity contribution in [2.75, 3.05) is 5.32 Å². The van der Waals surface area contributed by atoms with Crippen molar-refractivity contribution in [2.45, 2.75) is 13.5 Å². The highest BCUT2D eigenvalue weighted by atomic mass is 79.9. The summed E-state index contributed by atoms with van der Waals surface area (Å²) in [5.74, 6) is 0.801. The van der Waals surface area contributed by atoms with Crippen LogP contribution in [0, 0.1) is 6.92 Å². The summed E-state index contributed by atoms with van der Waals surface area (Å²) in [5.41, 5.74) is 1.71. The fourth-order valence-corrected chi connectivity index (χ4v) is 2.37. The lowest BCUT2D eigenvalue weighted by atomic mass is 10.2. The number of aromatic nitrogens is 1. The van der Waals surface area contributed by atoms with E-state index in [1.165, 1.54) is 0 Å². The summed E-state index contributed by atoms with van der Waals surface area (Å²) in [6.45, 7) is 2.44.